The predicted octanol–water partition coefficient (Wildman–Crippen LogP) is 11.8. The Hall–Kier alpha value is -6.17. The Balaban J connectivity index is 1.08. The van der Waals surface area contributed by atoms with Crippen molar-refractivity contribution in [1.29, 1.82) is 0 Å². The van der Waals surface area contributed by atoms with Crippen LogP contribution < -0.4 is 5.32 Å². The van der Waals surface area contributed by atoms with E-state index in [2.05, 4.69) is 162 Å². The SMILES string of the molecule is c1ccc(C2NC(c3ccc4c(c3)oc3ccc(-n5c6ccccc6c6ccc7ccccc7c65)cc34)=Nc3c2sc2ccccc32)cc1. The highest BCUT2D eigenvalue weighted by Gasteiger charge is 2.28. The first-order chi connectivity index (χ1) is 24.3. The van der Waals surface area contributed by atoms with Crippen LogP contribution in [-0.4, -0.2) is 10.4 Å². The van der Waals surface area contributed by atoms with E-state index in [1.165, 1.54) is 53.1 Å². The van der Waals surface area contributed by atoms with Gasteiger partial charge in [-0.1, -0.05) is 109 Å². The third kappa shape index (κ3) is 3.94. The predicted molar refractivity (Wildman–Crippen MR) is 205 cm³/mol. The molecule has 0 bridgehead atoms. The minimum absolute atomic E-state index is 0.0114. The van der Waals surface area contributed by atoms with Crippen molar-refractivity contribution in [1.82, 2.24) is 9.88 Å². The Morgan fingerprint density at radius 2 is 1.37 bits per heavy atom. The van der Waals surface area contributed by atoms with Gasteiger partial charge >= 0.3 is 0 Å². The minimum atomic E-state index is 0.0114. The van der Waals surface area contributed by atoms with Crippen molar-refractivity contribution in [2.45, 2.75) is 6.04 Å². The summed E-state index contributed by atoms with van der Waals surface area (Å²) < 4.78 is 10.2. The summed E-state index contributed by atoms with van der Waals surface area (Å²) >= 11 is 1.82. The molecule has 5 heteroatoms. The standard InChI is InChI=1S/C44H27N3OS/c1-2-11-27(12-3-1)40-43-41(34-15-7-9-17-39(34)49-43)46-44(45-40)28-19-21-32-35-25-29(20-23-37(35)48-38(32)24-28)47-36-16-8-6-14-31(36)33-22-18-26-10-4-5-13-30(26)42(33)47/h1-25,40H,(H,45,46). The molecule has 7 aromatic carbocycles. The first-order valence-electron chi connectivity index (χ1n) is 16.6. The van der Waals surface area contributed by atoms with E-state index in [4.69, 9.17) is 9.41 Å². The first-order valence-corrected chi connectivity index (χ1v) is 17.4. The van der Waals surface area contributed by atoms with E-state index in [1.807, 2.05) is 11.3 Å². The van der Waals surface area contributed by atoms with Crippen LogP contribution in [0.2, 0.25) is 0 Å². The molecule has 1 unspecified atom stereocenters. The van der Waals surface area contributed by atoms with Crippen molar-refractivity contribution in [2.75, 3.05) is 0 Å². The second-order valence-corrected chi connectivity index (χ2v) is 13.9. The second-order valence-electron chi connectivity index (χ2n) is 12.8. The van der Waals surface area contributed by atoms with Gasteiger partial charge in [-0.15, -0.1) is 11.3 Å². The van der Waals surface area contributed by atoms with Crippen LogP contribution in [0.25, 0.3) is 70.3 Å². The van der Waals surface area contributed by atoms with Gasteiger partial charge < -0.3 is 14.3 Å². The average molecular weight is 646 g/mol. The molecule has 4 nitrogen and oxygen atoms in total. The average Bonchev–Trinajstić information content (AvgIpc) is 3.84. The van der Waals surface area contributed by atoms with Gasteiger partial charge in [-0.3, -0.25) is 0 Å². The maximum absolute atomic E-state index is 6.55. The van der Waals surface area contributed by atoms with E-state index < -0.39 is 0 Å². The molecule has 3 aromatic heterocycles. The topological polar surface area (TPSA) is 42.5 Å². The Kier molecular flexibility index (Phi) is 5.57. The monoisotopic (exact) mass is 645 g/mol. The van der Waals surface area contributed by atoms with Crippen molar-refractivity contribution in [3.8, 4) is 5.69 Å². The van der Waals surface area contributed by atoms with E-state index in [0.717, 1.165) is 44.7 Å². The Bertz CT molecular complexity index is 2980. The fourth-order valence-electron chi connectivity index (χ4n) is 7.79. The van der Waals surface area contributed by atoms with Crippen molar-refractivity contribution < 1.29 is 4.42 Å². The van der Waals surface area contributed by atoms with Gasteiger partial charge in [0.1, 0.15) is 17.0 Å². The molecule has 0 fully saturated rings. The fourth-order valence-corrected chi connectivity index (χ4v) is 9.01. The van der Waals surface area contributed by atoms with Crippen molar-refractivity contribution in [3.63, 3.8) is 0 Å². The van der Waals surface area contributed by atoms with Crippen LogP contribution in [0.5, 0.6) is 0 Å². The molecule has 1 atom stereocenters. The second kappa shape index (κ2) is 10.2. The van der Waals surface area contributed by atoms with Gasteiger partial charge in [-0.25, -0.2) is 4.99 Å². The number of nitrogens with one attached hydrogen (secondary N) is 1. The van der Waals surface area contributed by atoms with E-state index in [-0.39, 0.29) is 6.04 Å². The Labute approximate surface area is 285 Å². The molecule has 10 aromatic rings. The largest absolute Gasteiger partial charge is 0.456 e. The zero-order chi connectivity index (χ0) is 32.1. The lowest BCUT2D eigenvalue weighted by Crippen LogP contribution is -2.32. The molecular weight excluding hydrogens is 619 g/mol. The number of para-hydroxylation sites is 1. The molecule has 49 heavy (non-hydrogen) atoms. The lowest BCUT2D eigenvalue weighted by atomic mass is 10.0. The number of furan rings is 1. The molecule has 0 spiro atoms. The molecule has 230 valence electrons. The summed E-state index contributed by atoms with van der Waals surface area (Å²) in [5.74, 6) is 0.852. The van der Waals surface area contributed by atoms with Gasteiger partial charge in [-0.05, 0) is 53.4 Å². The molecule has 11 rings (SSSR count). The van der Waals surface area contributed by atoms with Gasteiger partial charge in [0, 0.05) is 48.3 Å². The molecule has 0 saturated heterocycles. The first kappa shape index (κ1) is 26.9. The summed E-state index contributed by atoms with van der Waals surface area (Å²) in [6.07, 6.45) is 0. The molecule has 0 aliphatic carbocycles. The van der Waals surface area contributed by atoms with Gasteiger partial charge in [0.2, 0.25) is 0 Å². The highest BCUT2D eigenvalue weighted by molar-refractivity contribution is 7.19. The lowest BCUT2D eigenvalue weighted by Gasteiger charge is -2.25. The molecule has 0 amide bonds. The number of hydrogen-bond donors (Lipinski definition) is 1. The summed E-state index contributed by atoms with van der Waals surface area (Å²) in [6, 6.07) is 54.1. The van der Waals surface area contributed by atoms with Crippen molar-refractivity contribution in [2.24, 2.45) is 4.99 Å². The summed E-state index contributed by atoms with van der Waals surface area (Å²) in [7, 11) is 0. The number of rotatable bonds is 3. The number of aromatic nitrogens is 1. The van der Waals surface area contributed by atoms with Gasteiger partial charge in [0.15, 0.2) is 0 Å². The van der Waals surface area contributed by atoms with E-state index >= 15 is 0 Å². The number of benzene rings is 7. The molecule has 1 aliphatic heterocycles. The van der Waals surface area contributed by atoms with Crippen molar-refractivity contribution in [3.05, 3.63) is 168 Å². The zero-order valence-corrected chi connectivity index (χ0v) is 27.0. The number of amidine groups is 1. The van der Waals surface area contributed by atoms with E-state index in [0.29, 0.717) is 0 Å². The molecule has 1 aliphatic rings. The summed E-state index contributed by atoms with van der Waals surface area (Å²) in [5, 5.41) is 12.2. The van der Waals surface area contributed by atoms with Crippen LogP contribution in [0.1, 0.15) is 22.0 Å². The highest BCUT2D eigenvalue weighted by Crippen LogP contribution is 2.46. The lowest BCUT2D eigenvalue weighted by molar-refractivity contribution is 0.668. The van der Waals surface area contributed by atoms with Crippen LogP contribution >= 0.6 is 11.3 Å². The molecule has 1 N–H and O–H groups in total. The van der Waals surface area contributed by atoms with Gasteiger partial charge in [0.05, 0.1) is 27.6 Å². The van der Waals surface area contributed by atoms with Gasteiger partial charge in [0.25, 0.3) is 0 Å². The van der Waals surface area contributed by atoms with Crippen LogP contribution in [0.15, 0.2) is 161 Å². The van der Waals surface area contributed by atoms with Crippen molar-refractivity contribution >= 4 is 87.5 Å². The Morgan fingerprint density at radius 3 is 2.29 bits per heavy atom. The molecule has 0 radical (unpaired) electrons. The Morgan fingerprint density at radius 1 is 0.592 bits per heavy atom. The fraction of sp³-hybridized carbons (Fsp3) is 0.0227. The van der Waals surface area contributed by atoms with Crippen LogP contribution in [0.4, 0.5) is 5.69 Å². The van der Waals surface area contributed by atoms with Gasteiger partial charge in [-0.2, -0.15) is 0 Å². The molecule has 4 heterocycles. The third-order valence-corrected chi connectivity index (χ3v) is 11.3. The van der Waals surface area contributed by atoms with Crippen LogP contribution in [-0.2, 0) is 0 Å². The minimum Gasteiger partial charge on any atom is -0.456 e. The van der Waals surface area contributed by atoms with Crippen LogP contribution in [0, 0.1) is 0 Å². The maximum atomic E-state index is 6.55. The van der Waals surface area contributed by atoms with E-state index in [1.54, 1.807) is 0 Å². The maximum Gasteiger partial charge on any atom is 0.136 e. The number of aliphatic imine (C=N–C) groups is 1. The summed E-state index contributed by atoms with van der Waals surface area (Å²) in [6.45, 7) is 0. The smallest absolute Gasteiger partial charge is 0.136 e. The quantitative estimate of drug-likeness (QED) is 0.208. The zero-order valence-electron chi connectivity index (χ0n) is 26.2. The normalized spacial score (nSPS) is 14.6. The molecule has 0 saturated carbocycles. The number of thiophene rings is 1. The summed E-state index contributed by atoms with van der Waals surface area (Å²) in [4.78, 5) is 6.48. The number of nitrogens with zero attached hydrogens (tertiary/aromatic N) is 2. The number of hydrogen-bond acceptors (Lipinski definition) is 4. The highest BCUT2D eigenvalue weighted by atomic mass is 32.1. The summed E-state index contributed by atoms with van der Waals surface area (Å²) in [5.41, 5.74) is 8.52. The number of fused-ring (bicyclic) bond motifs is 11. The third-order valence-electron chi connectivity index (χ3n) is 10.0. The van der Waals surface area contributed by atoms with E-state index in [9.17, 15) is 0 Å². The molecular formula is C44H27N3OS. The van der Waals surface area contributed by atoms with Crippen LogP contribution in [0.3, 0.4) is 0 Å².